The molecule has 2 heterocycles. The van der Waals surface area contributed by atoms with Crippen LogP contribution in [0.25, 0.3) is 0 Å². The molecule has 1 fully saturated rings. The molecule has 6 heteroatoms. The average Bonchev–Trinajstić information content (AvgIpc) is 2.14. The van der Waals surface area contributed by atoms with Gasteiger partial charge in [0.05, 0.1) is 0 Å². The van der Waals surface area contributed by atoms with E-state index in [1.54, 1.807) is 0 Å². The van der Waals surface area contributed by atoms with E-state index in [2.05, 4.69) is 19.9 Å². The Kier molecular flexibility index (Phi) is 3.77. The Labute approximate surface area is 100 Å². The highest BCUT2D eigenvalue weighted by Gasteiger charge is 2.13. The maximum Gasteiger partial charge on any atom is 0.231 e. The first-order chi connectivity index (χ1) is 7.75. The Morgan fingerprint density at radius 1 is 0.938 bits per heavy atom. The summed E-state index contributed by atoms with van der Waals surface area (Å²) in [6.07, 6.45) is 6.20. The Balaban J connectivity index is 2.13. The molecular formula is C10H16ClN5. The van der Waals surface area contributed by atoms with E-state index < -0.39 is 0 Å². The van der Waals surface area contributed by atoms with Gasteiger partial charge in [0.1, 0.15) is 0 Å². The quantitative estimate of drug-likeness (QED) is 0.813. The maximum absolute atomic E-state index is 5.77. The predicted octanol–water partition coefficient (Wildman–Crippen LogP) is 1.88. The normalized spacial score (nSPS) is 17.9. The fourth-order valence-electron chi connectivity index (χ4n) is 1.94. The van der Waals surface area contributed by atoms with Crippen molar-refractivity contribution in [3.05, 3.63) is 5.28 Å². The summed E-state index contributed by atoms with van der Waals surface area (Å²) in [6.45, 7) is 1.94. The number of aromatic nitrogens is 3. The van der Waals surface area contributed by atoms with Crippen molar-refractivity contribution in [3.8, 4) is 0 Å². The second-order valence-electron chi connectivity index (χ2n) is 4.02. The standard InChI is InChI=1S/C10H16ClN5/c11-8-13-9(12)15-10(14-8)16-6-4-2-1-3-5-7-16/h1-7H2,(H2,12,13,14,15). The second kappa shape index (κ2) is 5.30. The van der Waals surface area contributed by atoms with Gasteiger partial charge in [-0.05, 0) is 24.4 Å². The Morgan fingerprint density at radius 3 is 2.19 bits per heavy atom. The van der Waals surface area contributed by atoms with Gasteiger partial charge in [-0.15, -0.1) is 0 Å². The van der Waals surface area contributed by atoms with Crippen LogP contribution >= 0.6 is 11.6 Å². The third-order valence-corrected chi connectivity index (χ3v) is 2.92. The smallest absolute Gasteiger partial charge is 0.231 e. The summed E-state index contributed by atoms with van der Waals surface area (Å²) in [5.41, 5.74) is 5.56. The first-order valence-corrected chi connectivity index (χ1v) is 6.05. The molecule has 0 radical (unpaired) electrons. The topological polar surface area (TPSA) is 67.9 Å². The molecule has 1 aromatic heterocycles. The lowest BCUT2D eigenvalue weighted by atomic mass is 10.1. The van der Waals surface area contributed by atoms with Gasteiger partial charge >= 0.3 is 0 Å². The summed E-state index contributed by atoms with van der Waals surface area (Å²) in [6, 6.07) is 0. The van der Waals surface area contributed by atoms with Gasteiger partial charge in [0.25, 0.3) is 0 Å². The van der Waals surface area contributed by atoms with E-state index in [4.69, 9.17) is 17.3 Å². The fourth-order valence-corrected chi connectivity index (χ4v) is 2.11. The zero-order valence-corrected chi connectivity index (χ0v) is 9.95. The predicted molar refractivity (Wildman–Crippen MR) is 64.5 cm³/mol. The lowest BCUT2D eigenvalue weighted by Gasteiger charge is -2.24. The Hall–Kier alpha value is -1.10. The van der Waals surface area contributed by atoms with Crippen LogP contribution in [0.5, 0.6) is 0 Å². The number of nitrogen functional groups attached to an aromatic ring is 1. The van der Waals surface area contributed by atoms with E-state index in [0.29, 0.717) is 5.95 Å². The van der Waals surface area contributed by atoms with Gasteiger partial charge in [-0.1, -0.05) is 19.3 Å². The lowest BCUT2D eigenvalue weighted by Crippen LogP contribution is -2.29. The molecule has 88 valence electrons. The molecule has 1 saturated heterocycles. The van der Waals surface area contributed by atoms with E-state index in [0.717, 1.165) is 13.1 Å². The van der Waals surface area contributed by atoms with Crippen LogP contribution in [-0.2, 0) is 0 Å². The van der Waals surface area contributed by atoms with Crippen LogP contribution in [0.1, 0.15) is 32.1 Å². The lowest BCUT2D eigenvalue weighted by molar-refractivity contribution is 0.550. The van der Waals surface area contributed by atoms with Crippen LogP contribution in [0.4, 0.5) is 11.9 Å². The minimum absolute atomic E-state index is 0.171. The number of halogens is 1. The van der Waals surface area contributed by atoms with Crippen molar-refractivity contribution in [1.29, 1.82) is 0 Å². The number of hydrogen-bond donors (Lipinski definition) is 1. The van der Waals surface area contributed by atoms with Crippen LogP contribution in [0, 0.1) is 0 Å². The number of hydrogen-bond acceptors (Lipinski definition) is 5. The van der Waals surface area contributed by atoms with E-state index >= 15 is 0 Å². The van der Waals surface area contributed by atoms with Crippen molar-refractivity contribution in [2.24, 2.45) is 0 Å². The van der Waals surface area contributed by atoms with Gasteiger partial charge in [-0.25, -0.2) is 0 Å². The summed E-state index contributed by atoms with van der Waals surface area (Å²) < 4.78 is 0. The van der Waals surface area contributed by atoms with Gasteiger partial charge in [-0.3, -0.25) is 0 Å². The summed E-state index contributed by atoms with van der Waals surface area (Å²) in [7, 11) is 0. The van der Waals surface area contributed by atoms with Crippen molar-refractivity contribution < 1.29 is 0 Å². The Bertz CT molecular complexity index is 329. The second-order valence-corrected chi connectivity index (χ2v) is 4.36. The first-order valence-electron chi connectivity index (χ1n) is 5.68. The molecule has 1 aliphatic rings. The summed E-state index contributed by atoms with van der Waals surface area (Å²) in [5, 5.41) is 0.171. The highest BCUT2D eigenvalue weighted by Crippen LogP contribution is 2.17. The molecule has 1 aliphatic heterocycles. The summed E-state index contributed by atoms with van der Waals surface area (Å²) in [5.74, 6) is 0.802. The van der Waals surface area contributed by atoms with Crippen molar-refractivity contribution >= 4 is 23.5 Å². The van der Waals surface area contributed by atoms with E-state index in [1.165, 1.54) is 32.1 Å². The third kappa shape index (κ3) is 2.95. The Morgan fingerprint density at radius 2 is 1.56 bits per heavy atom. The van der Waals surface area contributed by atoms with E-state index in [9.17, 15) is 0 Å². The fraction of sp³-hybridized carbons (Fsp3) is 0.700. The maximum atomic E-state index is 5.77. The van der Waals surface area contributed by atoms with Gasteiger partial charge in [0.2, 0.25) is 17.2 Å². The molecule has 0 amide bonds. The highest BCUT2D eigenvalue weighted by molar-refractivity contribution is 6.28. The van der Waals surface area contributed by atoms with Crippen LogP contribution in [0.2, 0.25) is 5.28 Å². The molecule has 16 heavy (non-hydrogen) atoms. The highest BCUT2D eigenvalue weighted by atomic mass is 35.5. The molecule has 1 aromatic rings. The zero-order valence-electron chi connectivity index (χ0n) is 9.19. The number of anilines is 2. The van der Waals surface area contributed by atoms with Crippen LogP contribution in [-0.4, -0.2) is 28.0 Å². The van der Waals surface area contributed by atoms with Crippen molar-refractivity contribution in [2.45, 2.75) is 32.1 Å². The SMILES string of the molecule is Nc1nc(Cl)nc(N2CCCCCCC2)n1. The molecule has 0 bridgehead atoms. The molecule has 2 N–H and O–H groups in total. The van der Waals surface area contributed by atoms with Crippen LogP contribution in [0.15, 0.2) is 0 Å². The molecule has 0 aliphatic carbocycles. The first kappa shape index (κ1) is 11.4. The molecule has 0 spiro atoms. The average molecular weight is 242 g/mol. The van der Waals surface area contributed by atoms with Crippen molar-refractivity contribution in [3.63, 3.8) is 0 Å². The minimum Gasteiger partial charge on any atom is -0.368 e. The third-order valence-electron chi connectivity index (χ3n) is 2.75. The minimum atomic E-state index is 0.171. The monoisotopic (exact) mass is 241 g/mol. The molecule has 0 aromatic carbocycles. The molecule has 0 saturated carbocycles. The number of nitrogens with two attached hydrogens (primary N) is 1. The zero-order chi connectivity index (χ0) is 11.4. The largest absolute Gasteiger partial charge is 0.368 e. The summed E-state index contributed by atoms with van der Waals surface area (Å²) >= 11 is 5.77. The molecular weight excluding hydrogens is 226 g/mol. The molecule has 0 unspecified atom stereocenters. The molecule has 2 rings (SSSR count). The van der Waals surface area contributed by atoms with Crippen LogP contribution in [0.3, 0.4) is 0 Å². The summed E-state index contributed by atoms with van der Waals surface area (Å²) in [4.78, 5) is 14.2. The van der Waals surface area contributed by atoms with E-state index in [-0.39, 0.29) is 11.2 Å². The van der Waals surface area contributed by atoms with Gasteiger partial charge in [0.15, 0.2) is 0 Å². The molecule has 5 nitrogen and oxygen atoms in total. The van der Waals surface area contributed by atoms with Crippen LogP contribution < -0.4 is 10.6 Å². The number of rotatable bonds is 1. The molecule has 0 atom stereocenters. The van der Waals surface area contributed by atoms with E-state index in [1.807, 2.05) is 0 Å². The van der Waals surface area contributed by atoms with Gasteiger partial charge in [-0.2, -0.15) is 15.0 Å². The van der Waals surface area contributed by atoms with Crippen molar-refractivity contribution in [1.82, 2.24) is 15.0 Å². The van der Waals surface area contributed by atoms with Gasteiger partial charge < -0.3 is 10.6 Å². The van der Waals surface area contributed by atoms with Gasteiger partial charge in [0, 0.05) is 13.1 Å². The number of nitrogens with zero attached hydrogens (tertiary/aromatic N) is 4. The van der Waals surface area contributed by atoms with Crippen molar-refractivity contribution in [2.75, 3.05) is 23.7 Å².